The monoisotopic (exact) mass is 233 g/mol. The van der Waals surface area contributed by atoms with E-state index < -0.39 is 0 Å². The van der Waals surface area contributed by atoms with Crippen molar-refractivity contribution in [2.24, 2.45) is 7.05 Å². The van der Waals surface area contributed by atoms with Crippen LogP contribution in [0, 0.1) is 6.92 Å². The van der Waals surface area contributed by atoms with Crippen molar-refractivity contribution in [1.82, 2.24) is 19.7 Å². The largest absolute Gasteiger partial charge is 0.435 e. The van der Waals surface area contributed by atoms with Crippen molar-refractivity contribution < 1.29 is 4.74 Å². The van der Waals surface area contributed by atoms with Gasteiger partial charge in [-0.3, -0.25) is 4.68 Å². The molecule has 2 heterocycles. The topological polar surface area (TPSA) is 64.9 Å². The minimum Gasteiger partial charge on any atom is -0.435 e. The smallest absolute Gasteiger partial charge is 0.227 e. The molecule has 1 N–H and O–H groups in total. The van der Waals surface area contributed by atoms with Crippen LogP contribution in [0.3, 0.4) is 0 Å². The molecule has 90 valence electrons. The van der Waals surface area contributed by atoms with Gasteiger partial charge < -0.3 is 10.1 Å². The van der Waals surface area contributed by atoms with E-state index in [1.165, 1.54) is 0 Å². The van der Waals surface area contributed by atoms with Gasteiger partial charge in [-0.25, -0.2) is 4.98 Å². The summed E-state index contributed by atoms with van der Waals surface area (Å²) in [6, 6.07) is 0. The van der Waals surface area contributed by atoms with Crippen molar-refractivity contribution in [3.8, 4) is 11.6 Å². The zero-order valence-electron chi connectivity index (χ0n) is 10.1. The number of hydrogen-bond donors (Lipinski definition) is 1. The molecule has 0 aliphatic rings. The number of rotatable bonds is 4. The molecule has 0 spiro atoms. The van der Waals surface area contributed by atoms with Gasteiger partial charge in [0.25, 0.3) is 0 Å². The number of nitrogens with one attached hydrogen (secondary N) is 1. The fourth-order valence-corrected chi connectivity index (χ4v) is 1.34. The van der Waals surface area contributed by atoms with Crippen LogP contribution >= 0.6 is 0 Å². The maximum Gasteiger partial charge on any atom is 0.227 e. The molecule has 2 aromatic heterocycles. The Morgan fingerprint density at radius 2 is 2.24 bits per heavy atom. The van der Waals surface area contributed by atoms with Gasteiger partial charge in [-0.1, -0.05) is 0 Å². The molecule has 0 unspecified atom stereocenters. The van der Waals surface area contributed by atoms with Gasteiger partial charge in [0.2, 0.25) is 11.8 Å². The molecule has 0 aromatic carbocycles. The molecule has 0 fully saturated rings. The average molecular weight is 233 g/mol. The van der Waals surface area contributed by atoms with Gasteiger partial charge in [-0.15, -0.1) is 0 Å². The zero-order valence-corrected chi connectivity index (χ0v) is 10.1. The van der Waals surface area contributed by atoms with Crippen LogP contribution in [0.2, 0.25) is 0 Å². The zero-order chi connectivity index (χ0) is 12.3. The summed E-state index contributed by atoms with van der Waals surface area (Å²) in [4.78, 5) is 8.44. The summed E-state index contributed by atoms with van der Waals surface area (Å²) in [6.07, 6.45) is 5.17. The quantitative estimate of drug-likeness (QED) is 0.871. The first kappa shape index (κ1) is 11.4. The second-order valence-electron chi connectivity index (χ2n) is 3.66. The van der Waals surface area contributed by atoms with Gasteiger partial charge in [0.05, 0.1) is 12.4 Å². The Kier molecular flexibility index (Phi) is 3.22. The summed E-state index contributed by atoms with van der Waals surface area (Å²) in [6.45, 7) is 4.67. The van der Waals surface area contributed by atoms with E-state index in [0.29, 0.717) is 17.6 Å². The van der Waals surface area contributed by atoms with Crippen molar-refractivity contribution in [1.29, 1.82) is 0 Å². The van der Waals surface area contributed by atoms with E-state index in [2.05, 4.69) is 20.4 Å². The third kappa shape index (κ3) is 2.72. The second kappa shape index (κ2) is 4.82. The van der Waals surface area contributed by atoms with Crippen LogP contribution in [0.1, 0.15) is 12.5 Å². The minimum atomic E-state index is 0.545. The van der Waals surface area contributed by atoms with E-state index in [-0.39, 0.29) is 0 Å². The molecule has 0 saturated heterocycles. The maximum atomic E-state index is 5.64. The molecule has 0 radical (unpaired) electrons. The van der Waals surface area contributed by atoms with Crippen molar-refractivity contribution in [3.05, 3.63) is 24.2 Å². The van der Waals surface area contributed by atoms with Crippen LogP contribution in [0.5, 0.6) is 11.6 Å². The van der Waals surface area contributed by atoms with Crippen LogP contribution in [0.4, 0.5) is 5.95 Å². The summed E-state index contributed by atoms with van der Waals surface area (Å²) < 4.78 is 7.32. The standard InChI is InChI=1S/C11H15N5O/c1-4-12-11-13-5-8(2)10(15-11)17-9-6-14-16(3)7-9/h5-7H,4H2,1-3H3,(H,12,13,15). The first-order valence-corrected chi connectivity index (χ1v) is 5.43. The Morgan fingerprint density at radius 1 is 1.41 bits per heavy atom. The SMILES string of the molecule is CCNc1ncc(C)c(Oc2cnn(C)c2)n1. The number of hydrogen-bond acceptors (Lipinski definition) is 5. The summed E-state index contributed by atoms with van der Waals surface area (Å²) in [5.74, 6) is 1.78. The maximum absolute atomic E-state index is 5.64. The van der Waals surface area contributed by atoms with Crippen LogP contribution in [-0.2, 0) is 7.05 Å². The predicted octanol–water partition coefficient (Wildman–Crippen LogP) is 1.74. The summed E-state index contributed by atoms with van der Waals surface area (Å²) >= 11 is 0. The second-order valence-corrected chi connectivity index (χ2v) is 3.66. The highest BCUT2D eigenvalue weighted by atomic mass is 16.5. The van der Waals surface area contributed by atoms with E-state index >= 15 is 0 Å². The number of nitrogens with zero attached hydrogens (tertiary/aromatic N) is 4. The van der Waals surface area contributed by atoms with E-state index in [9.17, 15) is 0 Å². The molecule has 0 atom stereocenters. The molecule has 0 saturated carbocycles. The van der Waals surface area contributed by atoms with Gasteiger partial charge in [-0.05, 0) is 13.8 Å². The van der Waals surface area contributed by atoms with Gasteiger partial charge in [0.1, 0.15) is 0 Å². The Hall–Kier alpha value is -2.11. The molecule has 0 amide bonds. The molecular weight excluding hydrogens is 218 g/mol. The molecular formula is C11H15N5O. The van der Waals surface area contributed by atoms with Crippen molar-refractivity contribution >= 4 is 5.95 Å². The molecule has 6 heteroatoms. The number of ether oxygens (including phenoxy) is 1. The lowest BCUT2D eigenvalue weighted by Gasteiger charge is -2.07. The van der Waals surface area contributed by atoms with Crippen LogP contribution in [0.15, 0.2) is 18.6 Å². The van der Waals surface area contributed by atoms with Crippen LogP contribution in [-0.4, -0.2) is 26.3 Å². The Balaban J connectivity index is 2.22. The predicted molar refractivity (Wildman–Crippen MR) is 64.2 cm³/mol. The van der Waals surface area contributed by atoms with Crippen LogP contribution in [0.25, 0.3) is 0 Å². The average Bonchev–Trinajstić information content (AvgIpc) is 2.69. The normalized spacial score (nSPS) is 10.3. The van der Waals surface area contributed by atoms with E-state index in [0.717, 1.165) is 12.1 Å². The molecule has 0 bridgehead atoms. The Bertz CT molecular complexity index is 508. The highest BCUT2D eigenvalue weighted by molar-refractivity contribution is 5.34. The van der Waals surface area contributed by atoms with Gasteiger partial charge in [0, 0.05) is 25.4 Å². The highest BCUT2D eigenvalue weighted by Gasteiger charge is 2.07. The summed E-state index contributed by atoms with van der Waals surface area (Å²) in [5, 5.41) is 7.08. The number of aromatic nitrogens is 4. The van der Waals surface area contributed by atoms with E-state index in [1.807, 2.05) is 20.9 Å². The first-order chi connectivity index (χ1) is 8.19. The first-order valence-electron chi connectivity index (χ1n) is 5.43. The Labute approximate surface area is 99.7 Å². The van der Waals surface area contributed by atoms with Crippen molar-refractivity contribution in [2.75, 3.05) is 11.9 Å². The lowest BCUT2D eigenvalue weighted by atomic mass is 10.4. The summed E-state index contributed by atoms with van der Waals surface area (Å²) in [5.41, 5.74) is 0.885. The van der Waals surface area contributed by atoms with Gasteiger partial charge >= 0.3 is 0 Å². The summed E-state index contributed by atoms with van der Waals surface area (Å²) in [7, 11) is 1.84. The van der Waals surface area contributed by atoms with E-state index in [1.54, 1.807) is 23.3 Å². The van der Waals surface area contributed by atoms with Crippen molar-refractivity contribution in [3.63, 3.8) is 0 Å². The van der Waals surface area contributed by atoms with Crippen molar-refractivity contribution in [2.45, 2.75) is 13.8 Å². The van der Waals surface area contributed by atoms with Gasteiger partial charge in [-0.2, -0.15) is 10.1 Å². The Morgan fingerprint density at radius 3 is 2.88 bits per heavy atom. The molecule has 0 aliphatic heterocycles. The fourth-order valence-electron chi connectivity index (χ4n) is 1.34. The fraction of sp³-hybridized carbons (Fsp3) is 0.364. The molecule has 0 aliphatic carbocycles. The third-order valence-electron chi connectivity index (χ3n) is 2.16. The van der Waals surface area contributed by atoms with Crippen LogP contribution < -0.4 is 10.1 Å². The number of anilines is 1. The lowest BCUT2D eigenvalue weighted by molar-refractivity contribution is 0.457. The molecule has 2 rings (SSSR count). The molecule has 6 nitrogen and oxygen atoms in total. The van der Waals surface area contributed by atoms with Gasteiger partial charge in [0.15, 0.2) is 5.75 Å². The third-order valence-corrected chi connectivity index (χ3v) is 2.16. The molecule has 17 heavy (non-hydrogen) atoms. The lowest BCUT2D eigenvalue weighted by Crippen LogP contribution is -2.03. The highest BCUT2D eigenvalue weighted by Crippen LogP contribution is 2.22. The minimum absolute atomic E-state index is 0.545. The van der Waals surface area contributed by atoms with E-state index in [4.69, 9.17) is 4.74 Å². The molecule has 2 aromatic rings. The number of aryl methyl sites for hydroxylation is 2.